The van der Waals surface area contributed by atoms with Gasteiger partial charge in [-0.3, -0.25) is 4.79 Å². The van der Waals surface area contributed by atoms with Crippen molar-refractivity contribution in [3.05, 3.63) is 99.2 Å². The molecule has 2 heterocycles. The summed E-state index contributed by atoms with van der Waals surface area (Å²) in [5.41, 5.74) is 3.84. The first-order chi connectivity index (χ1) is 14.7. The quantitative estimate of drug-likeness (QED) is 0.484. The molecule has 0 radical (unpaired) electrons. The summed E-state index contributed by atoms with van der Waals surface area (Å²) in [5, 5.41) is 0.873. The van der Waals surface area contributed by atoms with Crippen LogP contribution in [0.2, 0.25) is 0 Å². The van der Waals surface area contributed by atoms with Crippen LogP contribution in [0.15, 0.2) is 75.0 Å². The number of H-pyrrole nitrogens is 1. The largest absolute Gasteiger partial charge is 0.468 e. The van der Waals surface area contributed by atoms with Crippen molar-refractivity contribution in [3.63, 3.8) is 0 Å². The van der Waals surface area contributed by atoms with Crippen molar-refractivity contribution in [2.75, 3.05) is 0 Å². The molecule has 0 fully saturated rings. The van der Waals surface area contributed by atoms with E-state index in [1.165, 1.54) is 10.6 Å². The number of aryl methyl sites for hydroxylation is 3. The minimum atomic E-state index is -3.86. The number of aromatic amines is 1. The van der Waals surface area contributed by atoms with Crippen LogP contribution in [-0.4, -0.2) is 17.7 Å². The van der Waals surface area contributed by atoms with Crippen molar-refractivity contribution in [1.82, 2.24) is 9.29 Å². The van der Waals surface area contributed by atoms with E-state index in [0.717, 1.165) is 27.6 Å². The summed E-state index contributed by atoms with van der Waals surface area (Å²) < 4.78 is 33.5. The number of nitrogens with zero attached hydrogens (tertiary/aromatic N) is 1. The number of fused-ring (bicyclic) bond motifs is 1. The van der Waals surface area contributed by atoms with Gasteiger partial charge in [0.25, 0.3) is 5.56 Å². The summed E-state index contributed by atoms with van der Waals surface area (Å²) in [5.74, 6) is 0.500. The fourth-order valence-electron chi connectivity index (χ4n) is 3.70. The average Bonchev–Trinajstić information content (AvgIpc) is 3.22. The van der Waals surface area contributed by atoms with Gasteiger partial charge < -0.3 is 9.40 Å². The maximum atomic E-state index is 13.4. The van der Waals surface area contributed by atoms with E-state index in [1.807, 2.05) is 32.9 Å². The SMILES string of the molecule is Cc1ccc(S(=O)(=O)N(Cc2ccco2)Cc2cc3cc(C)cc(C)c3[nH]c2=O)cc1. The highest BCUT2D eigenvalue weighted by atomic mass is 32.2. The highest BCUT2D eigenvalue weighted by Gasteiger charge is 2.27. The zero-order valence-corrected chi connectivity index (χ0v) is 18.5. The molecule has 0 aliphatic carbocycles. The van der Waals surface area contributed by atoms with E-state index in [9.17, 15) is 13.2 Å². The topological polar surface area (TPSA) is 83.4 Å². The number of hydrogen-bond acceptors (Lipinski definition) is 4. The molecule has 0 aliphatic heterocycles. The maximum absolute atomic E-state index is 13.4. The molecule has 1 N–H and O–H groups in total. The fourth-order valence-corrected chi connectivity index (χ4v) is 5.09. The smallest absolute Gasteiger partial charge is 0.252 e. The molecule has 6 nitrogen and oxygen atoms in total. The molecule has 0 aliphatic rings. The van der Waals surface area contributed by atoms with Gasteiger partial charge in [-0.2, -0.15) is 4.31 Å². The Morgan fingerprint density at radius 2 is 1.68 bits per heavy atom. The molecular weight excluding hydrogens is 412 g/mol. The Hall–Kier alpha value is -3.16. The molecule has 4 aromatic rings. The van der Waals surface area contributed by atoms with Crippen molar-refractivity contribution in [3.8, 4) is 0 Å². The van der Waals surface area contributed by atoms with Gasteiger partial charge in [-0.25, -0.2) is 8.42 Å². The van der Waals surface area contributed by atoms with Crippen LogP contribution in [0, 0.1) is 20.8 Å². The molecule has 4 rings (SSSR count). The number of pyridine rings is 1. The molecule has 0 atom stereocenters. The highest BCUT2D eigenvalue weighted by Crippen LogP contribution is 2.23. The van der Waals surface area contributed by atoms with Gasteiger partial charge in [0.1, 0.15) is 5.76 Å². The molecule has 7 heteroatoms. The lowest BCUT2D eigenvalue weighted by molar-refractivity contribution is 0.357. The summed E-state index contributed by atoms with van der Waals surface area (Å²) >= 11 is 0. The van der Waals surface area contributed by atoms with Crippen molar-refractivity contribution >= 4 is 20.9 Å². The lowest BCUT2D eigenvalue weighted by atomic mass is 10.1. The number of aromatic nitrogens is 1. The fraction of sp³-hybridized carbons (Fsp3) is 0.208. The second-order valence-corrected chi connectivity index (χ2v) is 9.77. The molecule has 0 saturated heterocycles. The number of sulfonamides is 1. The number of rotatable bonds is 6. The van der Waals surface area contributed by atoms with Crippen LogP contribution in [0.3, 0.4) is 0 Å². The summed E-state index contributed by atoms with van der Waals surface area (Å²) in [6.07, 6.45) is 1.50. The molecule has 31 heavy (non-hydrogen) atoms. The van der Waals surface area contributed by atoms with E-state index < -0.39 is 10.0 Å². The molecule has 0 saturated carbocycles. The van der Waals surface area contributed by atoms with Crippen LogP contribution in [0.5, 0.6) is 0 Å². The second kappa shape index (κ2) is 8.17. The van der Waals surface area contributed by atoms with Crippen LogP contribution in [0.4, 0.5) is 0 Å². The Morgan fingerprint density at radius 1 is 0.935 bits per heavy atom. The molecular formula is C24H24N2O4S. The lowest BCUT2D eigenvalue weighted by Gasteiger charge is -2.21. The molecule has 160 valence electrons. The number of hydrogen-bond donors (Lipinski definition) is 1. The second-order valence-electron chi connectivity index (χ2n) is 7.84. The first-order valence-corrected chi connectivity index (χ1v) is 11.4. The van der Waals surface area contributed by atoms with Crippen molar-refractivity contribution in [2.45, 2.75) is 38.8 Å². The summed E-state index contributed by atoms with van der Waals surface area (Å²) in [7, 11) is -3.86. The normalized spacial score (nSPS) is 12.0. The van der Waals surface area contributed by atoms with Gasteiger partial charge in [-0.05, 0) is 68.1 Å². The summed E-state index contributed by atoms with van der Waals surface area (Å²) in [6.45, 7) is 5.77. The van der Waals surface area contributed by atoms with Crippen LogP contribution >= 0.6 is 0 Å². The van der Waals surface area contributed by atoms with Gasteiger partial charge >= 0.3 is 0 Å². The first kappa shape index (κ1) is 21.1. The Morgan fingerprint density at radius 3 is 2.35 bits per heavy atom. The van der Waals surface area contributed by atoms with Gasteiger partial charge in [0, 0.05) is 12.1 Å². The third-order valence-electron chi connectivity index (χ3n) is 5.29. The molecule has 0 spiro atoms. The van der Waals surface area contributed by atoms with E-state index >= 15 is 0 Å². The minimum absolute atomic E-state index is 0.0214. The Labute approximate surface area is 181 Å². The van der Waals surface area contributed by atoms with Crippen LogP contribution < -0.4 is 5.56 Å². The number of benzene rings is 2. The van der Waals surface area contributed by atoms with Gasteiger partial charge in [0.15, 0.2) is 0 Å². The third kappa shape index (κ3) is 4.33. The summed E-state index contributed by atoms with van der Waals surface area (Å²) in [4.78, 5) is 15.9. The standard InChI is InChI=1S/C24H24N2O4S/c1-16-6-8-22(9-7-16)31(28,29)26(15-21-5-4-10-30-21)14-20-13-19-12-17(2)11-18(3)23(19)25-24(20)27/h4-13H,14-15H2,1-3H3,(H,25,27). The molecule has 0 unspecified atom stereocenters. The van der Waals surface area contributed by atoms with Gasteiger partial charge in [-0.15, -0.1) is 0 Å². The van der Waals surface area contributed by atoms with E-state index in [0.29, 0.717) is 11.3 Å². The number of nitrogens with one attached hydrogen (secondary N) is 1. The molecule has 0 amide bonds. The van der Waals surface area contributed by atoms with Crippen LogP contribution in [-0.2, 0) is 23.1 Å². The molecule has 0 bridgehead atoms. The zero-order chi connectivity index (χ0) is 22.2. The van der Waals surface area contributed by atoms with Gasteiger partial charge in [0.2, 0.25) is 10.0 Å². The predicted molar refractivity (Wildman–Crippen MR) is 120 cm³/mol. The van der Waals surface area contributed by atoms with E-state index in [2.05, 4.69) is 4.98 Å². The molecule has 2 aromatic carbocycles. The molecule has 2 aromatic heterocycles. The van der Waals surface area contributed by atoms with Crippen molar-refractivity contribution in [1.29, 1.82) is 0 Å². The average molecular weight is 437 g/mol. The van der Waals surface area contributed by atoms with Crippen LogP contribution in [0.1, 0.15) is 28.0 Å². The van der Waals surface area contributed by atoms with E-state index in [4.69, 9.17) is 4.42 Å². The predicted octanol–water partition coefficient (Wildman–Crippen LogP) is 4.44. The Bertz CT molecular complexity index is 1390. The zero-order valence-electron chi connectivity index (χ0n) is 17.7. The van der Waals surface area contributed by atoms with Gasteiger partial charge in [-0.1, -0.05) is 29.3 Å². The van der Waals surface area contributed by atoms with E-state index in [-0.39, 0.29) is 23.5 Å². The van der Waals surface area contributed by atoms with Gasteiger partial charge in [0.05, 0.1) is 23.2 Å². The Balaban J connectivity index is 1.78. The maximum Gasteiger partial charge on any atom is 0.252 e. The summed E-state index contributed by atoms with van der Waals surface area (Å²) in [6, 6.07) is 15.9. The highest BCUT2D eigenvalue weighted by molar-refractivity contribution is 7.89. The minimum Gasteiger partial charge on any atom is -0.468 e. The Kier molecular flexibility index (Phi) is 5.56. The van der Waals surface area contributed by atoms with Crippen LogP contribution in [0.25, 0.3) is 10.9 Å². The monoisotopic (exact) mass is 436 g/mol. The third-order valence-corrected chi connectivity index (χ3v) is 7.09. The first-order valence-electron chi connectivity index (χ1n) is 9.96. The van der Waals surface area contributed by atoms with Crippen molar-refractivity contribution in [2.24, 2.45) is 0 Å². The lowest BCUT2D eigenvalue weighted by Crippen LogP contribution is -2.32. The van der Waals surface area contributed by atoms with E-state index in [1.54, 1.807) is 42.5 Å². The van der Waals surface area contributed by atoms with Crippen molar-refractivity contribution < 1.29 is 12.8 Å². The number of furan rings is 1.